The number of hydrogen-bond acceptors (Lipinski definition) is 3. The van der Waals surface area contributed by atoms with Gasteiger partial charge in [-0.15, -0.1) is 11.3 Å². The molecule has 0 saturated carbocycles. The van der Waals surface area contributed by atoms with Crippen LogP contribution in [0, 0.1) is 0 Å². The third-order valence-corrected chi connectivity index (χ3v) is 4.89. The standard InChI is InChI=1S/C13H13BrN2S/c1-15-9-5-3-4-6-10(9)16(2)13(15)11-7-8-12(14)17-11/h3-8,13H,1-2H3. The summed E-state index contributed by atoms with van der Waals surface area (Å²) in [6.45, 7) is 0. The van der Waals surface area contributed by atoms with Crippen molar-refractivity contribution in [3.05, 3.63) is 45.1 Å². The van der Waals surface area contributed by atoms with Crippen LogP contribution in [0.1, 0.15) is 11.0 Å². The molecule has 0 spiro atoms. The first-order valence-electron chi connectivity index (χ1n) is 5.48. The molecule has 3 rings (SSSR count). The lowest BCUT2D eigenvalue weighted by molar-refractivity contribution is 0.707. The van der Waals surface area contributed by atoms with Gasteiger partial charge in [0, 0.05) is 19.0 Å². The molecular weight excluding hydrogens is 296 g/mol. The van der Waals surface area contributed by atoms with E-state index in [2.05, 4.69) is 76.2 Å². The third-order valence-electron chi connectivity index (χ3n) is 3.22. The number of rotatable bonds is 1. The first-order valence-corrected chi connectivity index (χ1v) is 7.09. The van der Waals surface area contributed by atoms with Gasteiger partial charge < -0.3 is 9.80 Å². The Hall–Kier alpha value is -1.000. The molecular formula is C13H13BrN2S. The molecule has 88 valence electrons. The van der Waals surface area contributed by atoms with Gasteiger partial charge in [-0.2, -0.15) is 0 Å². The lowest BCUT2D eigenvalue weighted by Gasteiger charge is -2.26. The molecule has 0 fully saturated rings. The SMILES string of the molecule is CN1c2ccccc2N(C)C1c1ccc(Br)s1. The molecule has 0 atom stereocenters. The summed E-state index contributed by atoms with van der Waals surface area (Å²) in [5.74, 6) is 0. The number of anilines is 2. The van der Waals surface area contributed by atoms with Crippen LogP contribution in [-0.2, 0) is 0 Å². The molecule has 2 aromatic rings. The van der Waals surface area contributed by atoms with E-state index in [9.17, 15) is 0 Å². The van der Waals surface area contributed by atoms with Crippen molar-refractivity contribution in [1.29, 1.82) is 0 Å². The highest BCUT2D eigenvalue weighted by molar-refractivity contribution is 9.11. The van der Waals surface area contributed by atoms with E-state index in [-0.39, 0.29) is 0 Å². The van der Waals surface area contributed by atoms with Gasteiger partial charge in [-0.05, 0) is 40.2 Å². The van der Waals surface area contributed by atoms with E-state index in [0.29, 0.717) is 6.17 Å². The number of hydrogen-bond donors (Lipinski definition) is 0. The minimum atomic E-state index is 0.309. The van der Waals surface area contributed by atoms with Crippen LogP contribution in [0.25, 0.3) is 0 Å². The third kappa shape index (κ3) is 1.67. The zero-order valence-electron chi connectivity index (χ0n) is 9.72. The summed E-state index contributed by atoms with van der Waals surface area (Å²) in [7, 11) is 4.31. The van der Waals surface area contributed by atoms with Crippen molar-refractivity contribution in [2.45, 2.75) is 6.17 Å². The van der Waals surface area contributed by atoms with Crippen molar-refractivity contribution in [2.75, 3.05) is 23.9 Å². The van der Waals surface area contributed by atoms with Crippen molar-refractivity contribution in [3.63, 3.8) is 0 Å². The van der Waals surface area contributed by atoms with Crippen molar-refractivity contribution < 1.29 is 0 Å². The minimum absolute atomic E-state index is 0.309. The molecule has 1 aromatic carbocycles. The predicted octanol–water partition coefficient (Wildman–Crippen LogP) is 4.10. The lowest BCUT2D eigenvalue weighted by Crippen LogP contribution is -2.29. The second-order valence-corrected chi connectivity index (χ2v) is 6.72. The highest BCUT2D eigenvalue weighted by atomic mass is 79.9. The molecule has 1 aromatic heterocycles. The average Bonchev–Trinajstić information content (AvgIpc) is 2.84. The Morgan fingerprint density at radius 3 is 2.06 bits per heavy atom. The maximum atomic E-state index is 3.54. The highest BCUT2D eigenvalue weighted by Crippen LogP contribution is 2.45. The fraction of sp³-hybridized carbons (Fsp3) is 0.231. The van der Waals surface area contributed by atoms with Crippen LogP contribution < -0.4 is 9.80 Å². The molecule has 0 radical (unpaired) electrons. The molecule has 0 amide bonds. The largest absolute Gasteiger partial charge is 0.348 e. The Kier molecular flexibility index (Phi) is 2.64. The topological polar surface area (TPSA) is 6.48 Å². The first kappa shape index (κ1) is 11.1. The molecule has 0 unspecified atom stereocenters. The maximum Gasteiger partial charge on any atom is 0.137 e. The number of halogens is 1. The average molecular weight is 309 g/mol. The van der Waals surface area contributed by atoms with E-state index in [1.807, 2.05) is 0 Å². The summed E-state index contributed by atoms with van der Waals surface area (Å²) in [4.78, 5) is 6.01. The van der Waals surface area contributed by atoms with Crippen LogP contribution in [0.4, 0.5) is 11.4 Å². The normalized spacial score (nSPS) is 15.5. The van der Waals surface area contributed by atoms with E-state index >= 15 is 0 Å². The predicted molar refractivity (Wildman–Crippen MR) is 78.0 cm³/mol. The van der Waals surface area contributed by atoms with Gasteiger partial charge in [0.15, 0.2) is 0 Å². The summed E-state index contributed by atoms with van der Waals surface area (Å²) in [5, 5.41) is 0. The lowest BCUT2D eigenvalue weighted by atomic mass is 10.3. The van der Waals surface area contributed by atoms with Crippen LogP contribution in [0.2, 0.25) is 0 Å². The van der Waals surface area contributed by atoms with E-state index in [0.717, 1.165) is 0 Å². The molecule has 2 heterocycles. The second-order valence-electron chi connectivity index (χ2n) is 4.23. The van der Waals surface area contributed by atoms with Crippen molar-refractivity contribution in [1.82, 2.24) is 0 Å². The zero-order chi connectivity index (χ0) is 12.0. The first-order chi connectivity index (χ1) is 8.18. The number of fused-ring (bicyclic) bond motifs is 1. The fourth-order valence-electron chi connectivity index (χ4n) is 2.43. The second kappa shape index (κ2) is 4.03. The van der Waals surface area contributed by atoms with Gasteiger partial charge in [0.1, 0.15) is 6.17 Å². The van der Waals surface area contributed by atoms with Crippen LogP contribution in [0.5, 0.6) is 0 Å². The molecule has 0 N–H and O–H groups in total. The summed E-state index contributed by atoms with van der Waals surface area (Å²) in [6, 6.07) is 12.8. The Morgan fingerprint density at radius 1 is 1.00 bits per heavy atom. The highest BCUT2D eigenvalue weighted by Gasteiger charge is 2.32. The maximum absolute atomic E-state index is 3.54. The Balaban J connectivity index is 2.06. The molecule has 1 aliphatic rings. The van der Waals surface area contributed by atoms with Crippen molar-refractivity contribution in [3.8, 4) is 0 Å². The Labute approximate surface area is 114 Å². The van der Waals surface area contributed by atoms with Gasteiger partial charge in [0.25, 0.3) is 0 Å². The summed E-state index contributed by atoms with van der Waals surface area (Å²) < 4.78 is 1.19. The molecule has 17 heavy (non-hydrogen) atoms. The molecule has 0 bridgehead atoms. The Bertz CT molecular complexity index is 523. The molecule has 1 aliphatic heterocycles. The number of para-hydroxylation sites is 2. The van der Waals surface area contributed by atoms with E-state index in [4.69, 9.17) is 0 Å². The molecule has 4 heteroatoms. The molecule has 0 saturated heterocycles. The quantitative estimate of drug-likeness (QED) is 0.782. The van der Waals surface area contributed by atoms with Crippen LogP contribution >= 0.6 is 27.3 Å². The van der Waals surface area contributed by atoms with Crippen LogP contribution in [0.15, 0.2) is 40.2 Å². The summed E-state index contributed by atoms with van der Waals surface area (Å²) in [5.41, 5.74) is 2.59. The van der Waals surface area contributed by atoms with Gasteiger partial charge in [-0.25, -0.2) is 0 Å². The summed E-state index contributed by atoms with van der Waals surface area (Å²) in [6.07, 6.45) is 0.309. The monoisotopic (exact) mass is 308 g/mol. The van der Waals surface area contributed by atoms with Crippen molar-refractivity contribution in [2.24, 2.45) is 0 Å². The summed E-state index contributed by atoms with van der Waals surface area (Å²) >= 11 is 5.33. The molecule has 0 aliphatic carbocycles. The van der Waals surface area contributed by atoms with Crippen molar-refractivity contribution >= 4 is 38.6 Å². The van der Waals surface area contributed by atoms with E-state index in [1.165, 1.54) is 20.0 Å². The van der Waals surface area contributed by atoms with Gasteiger partial charge in [-0.3, -0.25) is 0 Å². The van der Waals surface area contributed by atoms with E-state index in [1.54, 1.807) is 11.3 Å². The van der Waals surface area contributed by atoms with Crippen LogP contribution in [-0.4, -0.2) is 14.1 Å². The number of thiophene rings is 1. The fourth-order valence-corrected chi connectivity index (χ4v) is 4.04. The Morgan fingerprint density at radius 2 is 1.59 bits per heavy atom. The van der Waals surface area contributed by atoms with Gasteiger partial charge in [-0.1, -0.05) is 12.1 Å². The minimum Gasteiger partial charge on any atom is -0.348 e. The van der Waals surface area contributed by atoms with Gasteiger partial charge >= 0.3 is 0 Å². The number of nitrogens with zero attached hydrogens (tertiary/aromatic N) is 2. The zero-order valence-corrected chi connectivity index (χ0v) is 12.1. The van der Waals surface area contributed by atoms with E-state index < -0.39 is 0 Å². The van der Waals surface area contributed by atoms with Gasteiger partial charge in [0.2, 0.25) is 0 Å². The van der Waals surface area contributed by atoms with Crippen LogP contribution in [0.3, 0.4) is 0 Å². The number of benzene rings is 1. The smallest absolute Gasteiger partial charge is 0.137 e. The van der Waals surface area contributed by atoms with Gasteiger partial charge in [0.05, 0.1) is 15.2 Å². The molecule has 2 nitrogen and oxygen atoms in total.